The third-order valence-electron chi connectivity index (χ3n) is 5.37. The van der Waals surface area contributed by atoms with Crippen LogP contribution in [0.1, 0.15) is 11.3 Å². The molecule has 0 fully saturated rings. The van der Waals surface area contributed by atoms with Crippen LogP contribution in [0, 0.1) is 5.92 Å². The lowest BCUT2D eigenvalue weighted by atomic mass is 10.00. The third kappa shape index (κ3) is 4.33. The Balaban J connectivity index is 1.17. The van der Waals surface area contributed by atoms with Gasteiger partial charge in [0.2, 0.25) is 5.95 Å². The molecule has 0 aliphatic carbocycles. The van der Waals surface area contributed by atoms with Crippen LogP contribution in [-0.2, 0) is 12.8 Å². The van der Waals surface area contributed by atoms with E-state index >= 15 is 0 Å². The summed E-state index contributed by atoms with van der Waals surface area (Å²) < 4.78 is 39.9. The summed E-state index contributed by atoms with van der Waals surface area (Å²) in [5.74, 6) is 0.324. The maximum Gasteiger partial charge on any atom is 0.393 e. The van der Waals surface area contributed by atoms with Crippen molar-refractivity contribution >= 4 is 44.8 Å². The van der Waals surface area contributed by atoms with Gasteiger partial charge in [0.25, 0.3) is 0 Å². The van der Waals surface area contributed by atoms with Crippen LogP contribution >= 0.6 is 11.3 Å². The number of thiophene rings is 1. The number of fused-ring (bicyclic) bond motifs is 2. The van der Waals surface area contributed by atoms with Gasteiger partial charge in [-0.3, -0.25) is 0 Å². The van der Waals surface area contributed by atoms with E-state index in [4.69, 9.17) is 0 Å². The Labute approximate surface area is 185 Å². The molecule has 0 amide bonds. The van der Waals surface area contributed by atoms with Gasteiger partial charge in [-0.1, -0.05) is 12.1 Å². The minimum atomic E-state index is -4.22. The van der Waals surface area contributed by atoms with Crippen LogP contribution < -0.4 is 16.0 Å². The van der Waals surface area contributed by atoms with E-state index < -0.39 is 12.1 Å². The first-order valence-electron chi connectivity index (χ1n) is 10.1. The zero-order chi connectivity index (χ0) is 22.1. The summed E-state index contributed by atoms with van der Waals surface area (Å²) in [4.78, 5) is 15.8. The van der Waals surface area contributed by atoms with Crippen LogP contribution in [0.3, 0.4) is 0 Å². The molecule has 4 heterocycles. The Hall–Kier alpha value is -3.34. The fourth-order valence-corrected chi connectivity index (χ4v) is 4.47. The first-order chi connectivity index (χ1) is 15.5. The van der Waals surface area contributed by atoms with Crippen molar-refractivity contribution in [3.05, 3.63) is 53.3 Å². The predicted molar refractivity (Wildman–Crippen MR) is 120 cm³/mol. The average molecular weight is 460 g/mol. The molecule has 166 valence electrons. The van der Waals surface area contributed by atoms with Crippen LogP contribution in [0.4, 0.5) is 36.4 Å². The average Bonchev–Trinajstić information content (AvgIpc) is 3.40. The summed E-state index contributed by atoms with van der Waals surface area (Å²) in [6, 6.07) is 9.83. The third-order valence-corrected chi connectivity index (χ3v) is 6.28. The van der Waals surface area contributed by atoms with Crippen molar-refractivity contribution in [2.45, 2.75) is 19.0 Å². The summed E-state index contributed by atoms with van der Waals surface area (Å²) in [5, 5.41) is 11.2. The number of H-pyrrole nitrogens is 1. The maximum absolute atomic E-state index is 13.0. The van der Waals surface area contributed by atoms with E-state index in [9.17, 15) is 13.2 Å². The molecule has 0 spiro atoms. The number of nitrogens with one attached hydrogen (secondary N) is 4. The lowest BCUT2D eigenvalue weighted by Crippen LogP contribution is -2.34. The molecule has 0 bridgehead atoms. The maximum atomic E-state index is 13.0. The van der Waals surface area contributed by atoms with E-state index in [2.05, 4.69) is 35.9 Å². The highest BCUT2D eigenvalue weighted by Gasteiger charge is 2.42. The summed E-state index contributed by atoms with van der Waals surface area (Å²) in [7, 11) is 0. The molecular weight excluding hydrogens is 439 g/mol. The van der Waals surface area contributed by atoms with Gasteiger partial charge in [-0.2, -0.15) is 18.2 Å². The minimum Gasteiger partial charge on any atom is -0.368 e. The number of alkyl halides is 3. The Kier molecular flexibility index (Phi) is 5.33. The molecule has 4 aromatic rings. The molecule has 1 aliphatic heterocycles. The van der Waals surface area contributed by atoms with Gasteiger partial charge >= 0.3 is 6.18 Å². The van der Waals surface area contributed by atoms with Crippen molar-refractivity contribution in [2.75, 3.05) is 29.0 Å². The summed E-state index contributed by atoms with van der Waals surface area (Å²) in [6.07, 6.45) is -1.95. The van der Waals surface area contributed by atoms with Crippen molar-refractivity contribution in [2.24, 2.45) is 5.92 Å². The molecule has 4 N–H and O–H groups in total. The number of aromatic amines is 1. The van der Waals surface area contributed by atoms with Crippen molar-refractivity contribution in [1.82, 2.24) is 19.9 Å². The number of rotatable bonds is 6. The number of aromatic nitrogens is 4. The van der Waals surface area contributed by atoms with E-state index in [1.807, 2.05) is 35.7 Å². The van der Waals surface area contributed by atoms with Gasteiger partial charge < -0.3 is 20.9 Å². The van der Waals surface area contributed by atoms with Gasteiger partial charge in [-0.15, -0.1) is 11.3 Å². The lowest BCUT2D eigenvalue weighted by Gasteiger charge is -2.24. The van der Waals surface area contributed by atoms with E-state index in [1.165, 1.54) is 0 Å². The second-order valence-corrected chi connectivity index (χ2v) is 8.51. The van der Waals surface area contributed by atoms with E-state index in [-0.39, 0.29) is 13.0 Å². The number of halogens is 3. The molecule has 0 saturated carbocycles. The molecule has 1 aliphatic rings. The van der Waals surface area contributed by atoms with Gasteiger partial charge in [-0.25, -0.2) is 9.97 Å². The van der Waals surface area contributed by atoms with Crippen molar-refractivity contribution in [3.63, 3.8) is 0 Å². The smallest absolute Gasteiger partial charge is 0.368 e. The van der Waals surface area contributed by atoms with Crippen molar-refractivity contribution < 1.29 is 13.2 Å². The van der Waals surface area contributed by atoms with Gasteiger partial charge in [0.15, 0.2) is 0 Å². The fraction of sp³-hybridized carbons (Fsp3) is 0.286. The Morgan fingerprint density at radius 1 is 1.12 bits per heavy atom. The topological polar surface area (TPSA) is 90.6 Å². The zero-order valence-corrected chi connectivity index (χ0v) is 17.6. The quantitative estimate of drug-likeness (QED) is 0.326. The second-order valence-electron chi connectivity index (χ2n) is 7.59. The summed E-state index contributed by atoms with van der Waals surface area (Å²) >= 11 is 1.61. The number of nitrogens with zero attached hydrogens (tertiary/aromatic N) is 3. The van der Waals surface area contributed by atoms with Crippen LogP contribution in [0.2, 0.25) is 0 Å². The normalized spacial score (nSPS) is 15.9. The van der Waals surface area contributed by atoms with Gasteiger partial charge in [0.05, 0.1) is 21.8 Å². The number of anilines is 4. The number of hydrogen-bond acceptors (Lipinski definition) is 7. The van der Waals surface area contributed by atoms with Crippen LogP contribution in [0.25, 0.3) is 10.2 Å². The number of hydrogen-bond donors (Lipinski definition) is 4. The molecule has 1 aromatic carbocycles. The first kappa shape index (κ1) is 20.6. The van der Waals surface area contributed by atoms with Gasteiger partial charge in [0.1, 0.15) is 18.0 Å². The standard InChI is InChI=1S/C21H20F3N7S/c22-21(23,24)13-9-16-18(26-10-13)31-20(30-16)29-14-3-1-12(2-4-14)5-7-25-19-17-15(6-8-32-17)27-11-28-19/h1-4,6,8,11,13,26H,5,7,9-10H2,(H,25,27,28)(H2,29,30,31). The molecule has 0 saturated heterocycles. The molecule has 1 atom stereocenters. The summed E-state index contributed by atoms with van der Waals surface area (Å²) in [6.45, 7) is 0.574. The summed E-state index contributed by atoms with van der Waals surface area (Å²) in [5.41, 5.74) is 3.35. The molecular formula is C21H20F3N7S. The highest BCUT2D eigenvalue weighted by molar-refractivity contribution is 7.17. The molecule has 5 rings (SSSR count). The Bertz CT molecular complexity index is 1220. The van der Waals surface area contributed by atoms with Crippen molar-refractivity contribution in [1.29, 1.82) is 0 Å². The van der Waals surface area contributed by atoms with E-state index in [0.717, 1.165) is 40.3 Å². The predicted octanol–water partition coefficient (Wildman–Crippen LogP) is 4.96. The molecule has 0 radical (unpaired) electrons. The van der Waals surface area contributed by atoms with Gasteiger partial charge in [0, 0.05) is 25.2 Å². The van der Waals surface area contributed by atoms with Crippen LogP contribution in [-0.4, -0.2) is 39.2 Å². The highest BCUT2D eigenvalue weighted by Crippen LogP contribution is 2.34. The van der Waals surface area contributed by atoms with Crippen molar-refractivity contribution in [3.8, 4) is 0 Å². The number of imidazole rings is 1. The number of benzene rings is 1. The largest absolute Gasteiger partial charge is 0.393 e. The minimum absolute atomic E-state index is 0.101. The molecule has 3 aromatic heterocycles. The first-order valence-corrected chi connectivity index (χ1v) is 11.0. The van der Waals surface area contributed by atoms with E-state index in [1.54, 1.807) is 17.7 Å². The van der Waals surface area contributed by atoms with Gasteiger partial charge in [-0.05, 0) is 35.6 Å². The van der Waals surface area contributed by atoms with Crippen LogP contribution in [0.15, 0.2) is 42.0 Å². The SMILES string of the molecule is FC(F)(F)C1CNc2nc(Nc3ccc(CCNc4ncnc5ccsc45)cc3)[nH]c2C1. The molecule has 32 heavy (non-hydrogen) atoms. The molecule has 1 unspecified atom stereocenters. The highest BCUT2D eigenvalue weighted by atomic mass is 32.1. The zero-order valence-electron chi connectivity index (χ0n) is 16.8. The monoisotopic (exact) mass is 459 g/mol. The van der Waals surface area contributed by atoms with Crippen LogP contribution in [0.5, 0.6) is 0 Å². The van der Waals surface area contributed by atoms with E-state index in [0.29, 0.717) is 17.5 Å². The molecule has 11 heteroatoms. The fourth-order valence-electron chi connectivity index (χ4n) is 3.66. The Morgan fingerprint density at radius 3 is 2.78 bits per heavy atom. The second kappa shape index (κ2) is 8.30. The Morgan fingerprint density at radius 2 is 1.97 bits per heavy atom. The molecule has 7 nitrogen and oxygen atoms in total. The lowest BCUT2D eigenvalue weighted by molar-refractivity contribution is -0.171.